The number of esters is 1. The average Bonchev–Trinajstić information content (AvgIpc) is 2.37. The molecule has 2 N–H and O–H groups in total. The molecule has 0 bridgehead atoms. The van der Waals surface area contributed by atoms with Crippen LogP contribution >= 0.6 is 0 Å². The maximum absolute atomic E-state index is 11.7. The Balaban J connectivity index is 2.58. The minimum absolute atomic E-state index is 0.383. The summed E-state index contributed by atoms with van der Waals surface area (Å²) in [5.41, 5.74) is 7.42. The second-order valence-electron chi connectivity index (χ2n) is 4.96. The minimum atomic E-state index is -0.418. The quantitative estimate of drug-likeness (QED) is 0.467. The first-order chi connectivity index (χ1) is 9.06. The Morgan fingerprint density at radius 2 is 2.11 bits per heavy atom. The van der Waals surface area contributed by atoms with Gasteiger partial charge in [-0.25, -0.2) is 4.79 Å². The van der Waals surface area contributed by atoms with Crippen LogP contribution in [-0.2, 0) is 16.1 Å². The van der Waals surface area contributed by atoms with Crippen molar-refractivity contribution in [2.45, 2.75) is 33.3 Å². The zero-order chi connectivity index (χ0) is 14.3. The van der Waals surface area contributed by atoms with Crippen LogP contribution < -0.4 is 5.73 Å². The Morgan fingerprint density at radius 3 is 2.74 bits per heavy atom. The first-order valence-corrected chi connectivity index (χ1v) is 6.59. The van der Waals surface area contributed by atoms with Crippen LogP contribution in [0.3, 0.4) is 0 Å². The van der Waals surface area contributed by atoms with Gasteiger partial charge in [-0.05, 0) is 30.4 Å². The maximum atomic E-state index is 11.7. The van der Waals surface area contributed by atoms with E-state index >= 15 is 0 Å². The number of nitrogens with two attached hydrogens (primary N) is 1. The zero-order valence-electron chi connectivity index (χ0n) is 11.9. The highest BCUT2D eigenvalue weighted by Gasteiger charge is 2.15. The van der Waals surface area contributed by atoms with Gasteiger partial charge in [0.1, 0.15) is 0 Å². The Morgan fingerprint density at radius 1 is 1.37 bits per heavy atom. The lowest BCUT2D eigenvalue weighted by Crippen LogP contribution is -2.10. The molecular weight excluding hydrogens is 242 g/mol. The van der Waals surface area contributed by atoms with Gasteiger partial charge in [-0.2, -0.15) is 0 Å². The van der Waals surface area contributed by atoms with Gasteiger partial charge < -0.3 is 15.2 Å². The van der Waals surface area contributed by atoms with Crippen LogP contribution in [0.4, 0.5) is 5.69 Å². The molecule has 0 saturated carbocycles. The van der Waals surface area contributed by atoms with Crippen molar-refractivity contribution < 1.29 is 14.3 Å². The number of rotatable bonds is 7. The van der Waals surface area contributed by atoms with Crippen LogP contribution in [0.15, 0.2) is 18.2 Å². The van der Waals surface area contributed by atoms with Crippen molar-refractivity contribution in [2.24, 2.45) is 5.92 Å². The second-order valence-corrected chi connectivity index (χ2v) is 4.96. The molecule has 1 aromatic carbocycles. The van der Waals surface area contributed by atoms with Gasteiger partial charge in [0.25, 0.3) is 0 Å². The van der Waals surface area contributed by atoms with Gasteiger partial charge in [0.2, 0.25) is 0 Å². The normalized spacial score (nSPS) is 10.7. The first-order valence-electron chi connectivity index (χ1n) is 6.59. The summed E-state index contributed by atoms with van der Waals surface area (Å²) in [5, 5.41) is 0. The Hall–Kier alpha value is -1.55. The number of carbonyl (C=O) groups is 1. The van der Waals surface area contributed by atoms with Crippen molar-refractivity contribution in [3.63, 3.8) is 0 Å². The molecule has 0 fully saturated rings. The van der Waals surface area contributed by atoms with Gasteiger partial charge in [-0.1, -0.05) is 26.0 Å². The highest BCUT2D eigenvalue weighted by Crippen LogP contribution is 2.19. The summed E-state index contributed by atoms with van der Waals surface area (Å²) in [6.07, 6.45) is 2.16. The summed E-state index contributed by atoms with van der Waals surface area (Å²) < 4.78 is 10.3. The fourth-order valence-corrected chi connectivity index (χ4v) is 1.87. The van der Waals surface area contributed by atoms with E-state index in [4.69, 9.17) is 15.2 Å². The standard InChI is InChI=1S/C15H23NO3/c1-11(2)6-5-9-19-10-12-7-4-8-13(16)14(12)15(17)18-3/h4,7-8,11H,5-6,9-10,16H2,1-3H3. The van der Waals surface area contributed by atoms with E-state index in [2.05, 4.69) is 13.8 Å². The van der Waals surface area contributed by atoms with Crippen LogP contribution in [0.25, 0.3) is 0 Å². The van der Waals surface area contributed by atoms with Crippen LogP contribution in [-0.4, -0.2) is 19.7 Å². The molecule has 0 aromatic heterocycles. The summed E-state index contributed by atoms with van der Waals surface area (Å²) in [5.74, 6) is 0.264. The maximum Gasteiger partial charge on any atom is 0.340 e. The van der Waals surface area contributed by atoms with Crippen molar-refractivity contribution >= 4 is 11.7 Å². The summed E-state index contributed by atoms with van der Waals surface area (Å²) in [6, 6.07) is 5.34. The van der Waals surface area contributed by atoms with Crippen LogP contribution in [0, 0.1) is 5.92 Å². The van der Waals surface area contributed by atoms with Crippen molar-refractivity contribution in [1.82, 2.24) is 0 Å². The SMILES string of the molecule is COC(=O)c1c(N)cccc1COCCCC(C)C. The van der Waals surface area contributed by atoms with Gasteiger partial charge in [0.05, 0.1) is 19.3 Å². The van der Waals surface area contributed by atoms with Crippen molar-refractivity contribution in [1.29, 1.82) is 0 Å². The molecule has 106 valence electrons. The number of nitrogen functional groups attached to an aromatic ring is 1. The van der Waals surface area contributed by atoms with E-state index in [1.807, 2.05) is 12.1 Å². The molecule has 19 heavy (non-hydrogen) atoms. The largest absolute Gasteiger partial charge is 0.465 e. The summed E-state index contributed by atoms with van der Waals surface area (Å²) in [4.78, 5) is 11.7. The van der Waals surface area contributed by atoms with E-state index in [1.165, 1.54) is 7.11 Å². The number of methoxy groups -OCH3 is 1. The third kappa shape index (κ3) is 4.91. The minimum Gasteiger partial charge on any atom is -0.465 e. The fraction of sp³-hybridized carbons (Fsp3) is 0.533. The van der Waals surface area contributed by atoms with Gasteiger partial charge >= 0.3 is 5.97 Å². The monoisotopic (exact) mass is 265 g/mol. The van der Waals surface area contributed by atoms with Crippen LogP contribution in [0.1, 0.15) is 42.6 Å². The second kappa shape index (κ2) is 7.79. The lowest BCUT2D eigenvalue weighted by atomic mass is 10.1. The Labute approximate surface area is 114 Å². The molecule has 0 saturated heterocycles. The first kappa shape index (κ1) is 15.5. The molecule has 4 nitrogen and oxygen atoms in total. The molecule has 4 heteroatoms. The number of hydrogen-bond donors (Lipinski definition) is 1. The number of carbonyl (C=O) groups excluding carboxylic acids is 1. The molecule has 0 heterocycles. The van der Waals surface area contributed by atoms with E-state index < -0.39 is 5.97 Å². The summed E-state index contributed by atoms with van der Waals surface area (Å²) >= 11 is 0. The summed E-state index contributed by atoms with van der Waals surface area (Å²) in [6.45, 7) is 5.45. The van der Waals surface area contributed by atoms with Crippen LogP contribution in [0.5, 0.6) is 0 Å². The molecule has 1 aromatic rings. The van der Waals surface area contributed by atoms with E-state index in [1.54, 1.807) is 6.07 Å². The molecule has 1 rings (SSSR count). The predicted octanol–water partition coefficient (Wildman–Crippen LogP) is 3.01. The molecule has 0 aliphatic heterocycles. The van der Waals surface area contributed by atoms with Crippen LogP contribution in [0.2, 0.25) is 0 Å². The molecule has 0 aliphatic carbocycles. The van der Waals surface area contributed by atoms with E-state index in [9.17, 15) is 4.79 Å². The average molecular weight is 265 g/mol. The lowest BCUT2D eigenvalue weighted by Gasteiger charge is -2.11. The third-order valence-electron chi connectivity index (χ3n) is 2.90. The molecule has 0 unspecified atom stereocenters. The summed E-state index contributed by atoms with van der Waals surface area (Å²) in [7, 11) is 1.35. The van der Waals surface area contributed by atoms with Gasteiger partial charge in [-0.15, -0.1) is 0 Å². The van der Waals surface area contributed by atoms with Gasteiger partial charge in [0.15, 0.2) is 0 Å². The topological polar surface area (TPSA) is 61.5 Å². The van der Waals surface area contributed by atoms with Crippen molar-refractivity contribution in [3.8, 4) is 0 Å². The molecular formula is C15H23NO3. The highest BCUT2D eigenvalue weighted by molar-refractivity contribution is 5.96. The zero-order valence-corrected chi connectivity index (χ0v) is 11.9. The van der Waals surface area contributed by atoms with Gasteiger partial charge in [0, 0.05) is 12.3 Å². The number of anilines is 1. The molecule has 0 spiro atoms. The van der Waals surface area contributed by atoms with Crippen molar-refractivity contribution in [3.05, 3.63) is 29.3 Å². The fourth-order valence-electron chi connectivity index (χ4n) is 1.87. The smallest absolute Gasteiger partial charge is 0.340 e. The Kier molecular flexibility index (Phi) is 6.36. The van der Waals surface area contributed by atoms with E-state index in [-0.39, 0.29) is 0 Å². The molecule has 0 aliphatic rings. The van der Waals surface area contributed by atoms with Gasteiger partial charge in [-0.3, -0.25) is 0 Å². The Bertz CT molecular complexity index is 416. The lowest BCUT2D eigenvalue weighted by molar-refractivity contribution is 0.0593. The number of ether oxygens (including phenoxy) is 2. The molecule has 0 radical (unpaired) electrons. The van der Waals surface area contributed by atoms with E-state index in [0.29, 0.717) is 30.4 Å². The third-order valence-corrected chi connectivity index (χ3v) is 2.90. The highest BCUT2D eigenvalue weighted by atomic mass is 16.5. The molecule has 0 amide bonds. The number of benzene rings is 1. The predicted molar refractivity (Wildman–Crippen MR) is 75.9 cm³/mol. The molecule has 0 atom stereocenters. The number of hydrogen-bond acceptors (Lipinski definition) is 4. The van der Waals surface area contributed by atoms with Crippen molar-refractivity contribution in [2.75, 3.05) is 19.5 Å². The van der Waals surface area contributed by atoms with E-state index in [0.717, 1.165) is 18.4 Å².